The van der Waals surface area contributed by atoms with E-state index in [1.807, 2.05) is 48.1 Å². The lowest BCUT2D eigenvalue weighted by atomic mass is 10.2. The molecule has 0 fully saturated rings. The van der Waals surface area contributed by atoms with E-state index < -0.39 is 0 Å². The van der Waals surface area contributed by atoms with E-state index in [0.29, 0.717) is 18.9 Å². The van der Waals surface area contributed by atoms with Crippen molar-refractivity contribution >= 4 is 0 Å². The summed E-state index contributed by atoms with van der Waals surface area (Å²) in [6.45, 7) is 3.01. The molecule has 0 bridgehead atoms. The molecule has 0 radical (unpaired) electrons. The molecule has 0 saturated heterocycles. The second-order valence-electron chi connectivity index (χ2n) is 3.90. The van der Waals surface area contributed by atoms with Crippen LogP contribution in [-0.2, 0) is 6.54 Å². The number of hydrogen-bond donors (Lipinski definition) is 0. The molecule has 0 atom stereocenters. The summed E-state index contributed by atoms with van der Waals surface area (Å²) in [5.41, 5.74) is 0.896. The van der Waals surface area contributed by atoms with Gasteiger partial charge in [0.15, 0.2) is 30.5 Å². The van der Waals surface area contributed by atoms with Crippen molar-refractivity contribution in [2.75, 3.05) is 6.61 Å². The van der Waals surface area contributed by atoms with Crippen molar-refractivity contribution in [1.82, 2.24) is 0 Å². The molecule has 2 rings (SSSR count). The monoisotopic (exact) mass is 232 g/mol. The molecule has 2 nitrogen and oxygen atoms in total. The molecule has 1 aromatic heterocycles. The van der Waals surface area contributed by atoms with Gasteiger partial charge in [-0.3, -0.25) is 0 Å². The van der Waals surface area contributed by atoms with Gasteiger partial charge >= 0.3 is 0 Å². The van der Waals surface area contributed by atoms with E-state index in [0.717, 1.165) is 5.56 Å². The summed E-state index contributed by atoms with van der Waals surface area (Å²) in [6, 6.07) is 10.8. The van der Waals surface area contributed by atoms with Crippen molar-refractivity contribution in [3.63, 3.8) is 0 Å². The molecule has 0 N–H and O–H groups in total. The molecule has 3 heteroatoms. The Morgan fingerprint density at radius 1 is 1.18 bits per heavy atom. The Morgan fingerprint density at radius 3 is 2.65 bits per heavy atom. The predicted molar refractivity (Wildman–Crippen MR) is 63.3 cm³/mol. The number of halogens is 1. The Labute approximate surface area is 100 Å². The zero-order chi connectivity index (χ0) is 12.1. The summed E-state index contributed by atoms with van der Waals surface area (Å²) in [5.74, 6) is 0.00944. The van der Waals surface area contributed by atoms with Gasteiger partial charge in [0, 0.05) is 12.1 Å². The van der Waals surface area contributed by atoms with Crippen LogP contribution in [0.5, 0.6) is 5.75 Å². The van der Waals surface area contributed by atoms with Crippen molar-refractivity contribution in [3.05, 3.63) is 60.2 Å². The molecule has 0 aliphatic carbocycles. The fourth-order valence-electron chi connectivity index (χ4n) is 1.57. The number of aromatic nitrogens is 1. The summed E-state index contributed by atoms with van der Waals surface area (Å²) in [4.78, 5) is 0. The van der Waals surface area contributed by atoms with Crippen molar-refractivity contribution in [3.8, 4) is 5.75 Å². The van der Waals surface area contributed by atoms with E-state index in [1.54, 1.807) is 6.07 Å². The van der Waals surface area contributed by atoms with E-state index in [1.165, 1.54) is 6.07 Å². The molecule has 0 amide bonds. The van der Waals surface area contributed by atoms with Gasteiger partial charge < -0.3 is 4.74 Å². The van der Waals surface area contributed by atoms with Crippen molar-refractivity contribution < 1.29 is 13.7 Å². The van der Waals surface area contributed by atoms with Crippen molar-refractivity contribution in [2.45, 2.75) is 13.5 Å². The van der Waals surface area contributed by atoms with Crippen LogP contribution >= 0.6 is 0 Å². The highest BCUT2D eigenvalue weighted by molar-refractivity contribution is 5.28. The number of rotatable bonds is 4. The summed E-state index contributed by atoms with van der Waals surface area (Å²) in [5, 5.41) is 0. The Hall–Kier alpha value is -1.90. The van der Waals surface area contributed by atoms with Gasteiger partial charge in [0.1, 0.15) is 6.61 Å². The molecule has 88 valence electrons. The van der Waals surface area contributed by atoms with Crippen LogP contribution in [0.3, 0.4) is 0 Å². The van der Waals surface area contributed by atoms with Crippen LogP contribution in [0.15, 0.2) is 48.8 Å². The first-order chi connectivity index (χ1) is 8.25. The summed E-state index contributed by atoms with van der Waals surface area (Å²) in [6.07, 6.45) is 3.91. The zero-order valence-electron chi connectivity index (χ0n) is 9.77. The third-order valence-electron chi connectivity index (χ3n) is 2.47. The van der Waals surface area contributed by atoms with Gasteiger partial charge in [-0.25, -0.2) is 8.96 Å². The molecule has 0 aliphatic heterocycles. The first-order valence-electron chi connectivity index (χ1n) is 5.59. The van der Waals surface area contributed by atoms with Gasteiger partial charge in [0.2, 0.25) is 0 Å². The Balaban J connectivity index is 1.90. The number of aryl methyl sites for hydroxylation is 1. The first kappa shape index (κ1) is 11.6. The van der Waals surface area contributed by atoms with E-state index in [4.69, 9.17) is 4.74 Å². The minimum Gasteiger partial charge on any atom is -0.484 e. The van der Waals surface area contributed by atoms with Gasteiger partial charge in [-0.1, -0.05) is 12.1 Å². The van der Waals surface area contributed by atoms with Crippen LogP contribution in [0.1, 0.15) is 5.56 Å². The molecular weight excluding hydrogens is 217 g/mol. The molecule has 2 aromatic rings. The van der Waals surface area contributed by atoms with Crippen LogP contribution in [0, 0.1) is 12.7 Å². The highest BCUT2D eigenvalue weighted by Gasteiger charge is 2.04. The maximum Gasteiger partial charge on any atom is 0.182 e. The largest absolute Gasteiger partial charge is 0.484 e. The molecule has 1 heterocycles. The van der Waals surface area contributed by atoms with Crippen LogP contribution in [-0.4, -0.2) is 6.61 Å². The van der Waals surface area contributed by atoms with E-state index in [2.05, 4.69) is 0 Å². The lowest BCUT2D eigenvalue weighted by Crippen LogP contribution is -2.35. The normalized spacial score (nSPS) is 10.2. The molecule has 1 aromatic carbocycles. The van der Waals surface area contributed by atoms with Crippen LogP contribution < -0.4 is 9.30 Å². The average molecular weight is 232 g/mol. The van der Waals surface area contributed by atoms with Crippen molar-refractivity contribution in [1.29, 1.82) is 0 Å². The molecule has 0 unspecified atom stereocenters. The zero-order valence-corrected chi connectivity index (χ0v) is 9.77. The number of pyridine rings is 1. The van der Waals surface area contributed by atoms with Gasteiger partial charge in [-0.2, -0.15) is 0 Å². The topological polar surface area (TPSA) is 13.1 Å². The maximum atomic E-state index is 13.4. The van der Waals surface area contributed by atoms with Crippen molar-refractivity contribution in [2.24, 2.45) is 0 Å². The maximum absolute atomic E-state index is 13.4. The number of hydrogen-bond acceptors (Lipinski definition) is 1. The third-order valence-corrected chi connectivity index (χ3v) is 2.47. The fraction of sp³-hybridized carbons (Fsp3) is 0.214. The van der Waals surface area contributed by atoms with Gasteiger partial charge in [0.25, 0.3) is 0 Å². The highest BCUT2D eigenvalue weighted by atomic mass is 19.1. The quantitative estimate of drug-likeness (QED) is 0.738. The number of benzene rings is 1. The molecule has 0 aliphatic rings. The van der Waals surface area contributed by atoms with Crippen LogP contribution in [0.4, 0.5) is 4.39 Å². The first-order valence-corrected chi connectivity index (χ1v) is 5.59. The molecule has 17 heavy (non-hydrogen) atoms. The average Bonchev–Trinajstić information content (AvgIpc) is 2.33. The SMILES string of the molecule is Cc1ccc(OCC[n+]2ccccc2)c(F)c1. The summed E-state index contributed by atoms with van der Waals surface area (Å²) >= 11 is 0. The summed E-state index contributed by atoms with van der Waals surface area (Å²) < 4.78 is 20.8. The van der Waals surface area contributed by atoms with Crippen LogP contribution in [0.2, 0.25) is 0 Å². The van der Waals surface area contributed by atoms with E-state index in [9.17, 15) is 4.39 Å². The second kappa shape index (κ2) is 5.43. The fourth-order valence-corrected chi connectivity index (χ4v) is 1.57. The minimum atomic E-state index is -0.303. The van der Waals surface area contributed by atoms with Crippen LogP contribution in [0.25, 0.3) is 0 Å². The lowest BCUT2D eigenvalue weighted by molar-refractivity contribution is -0.697. The Morgan fingerprint density at radius 2 is 1.94 bits per heavy atom. The summed E-state index contributed by atoms with van der Waals surface area (Å²) in [7, 11) is 0. The molecule has 0 saturated carbocycles. The predicted octanol–water partition coefficient (Wildman–Crippen LogP) is 2.50. The Kier molecular flexibility index (Phi) is 3.70. The number of nitrogens with zero attached hydrogens (tertiary/aromatic N) is 1. The van der Waals surface area contributed by atoms with Gasteiger partial charge in [-0.05, 0) is 24.6 Å². The lowest BCUT2D eigenvalue weighted by Gasteiger charge is -2.05. The Bertz CT molecular complexity index is 485. The van der Waals surface area contributed by atoms with E-state index in [-0.39, 0.29) is 5.82 Å². The van der Waals surface area contributed by atoms with Gasteiger partial charge in [0.05, 0.1) is 0 Å². The smallest absolute Gasteiger partial charge is 0.182 e. The third kappa shape index (κ3) is 3.28. The number of ether oxygens (including phenoxy) is 1. The molecular formula is C14H15FNO+. The van der Waals surface area contributed by atoms with E-state index >= 15 is 0 Å². The second-order valence-corrected chi connectivity index (χ2v) is 3.90. The van der Waals surface area contributed by atoms with Gasteiger partial charge in [-0.15, -0.1) is 0 Å². The molecule has 0 spiro atoms. The minimum absolute atomic E-state index is 0.303. The standard InChI is InChI=1S/C14H15FNO/c1-12-5-6-14(13(15)11-12)17-10-9-16-7-3-2-4-8-16/h2-8,11H,9-10H2,1H3/q+1. The highest BCUT2D eigenvalue weighted by Crippen LogP contribution is 2.17.